The van der Waals surface area contributed by atoms with Crippen molar-refractivity contribution in [2.45, 2.75) is 144 Å². The van der Waals surface area contributed by atoms with Crippen LogP contribution < -0.4 is 10.6 Å². The highest BCUT2D eigenvalue weighted by atomic mass is 28.4. The summed E-state index contributed by atoms with van der Waals surface area (Å²) in [6.45, 7) is 17.1. The summed E-state index contributed by atoms with van der Waals surface area (Å²) in [6.07, 6.45) is 11.1. The van der Waals surface area contributed by atoms with Gasteiger partial charge in [-0.2, -0.15) is 0 Å². The number of hydrogen-bond donors (Lipinski definition) is 2. The number of rotatable bonds is 23. The Morgan fingerprint density at radius 1 is 0.907 bits per heavy atom. The Bertz CT molecular complexity index is 836. The molecule has 0 spiro atoms. The normalized spacial score (nSPS) is 20.6. The van der Waals surface area contributed by atoms with Crippen LogP contribution in [0.2, 0.25) is 6.04 Å². The molecule has 250 valence electrons. The maximum absolute atomic E-state index is 12.9. The van der Waals surface area contributed by atoms with Gasteiger partial charge in [0.05, 0.1) is 6.04 Å². The lowest BCUT2D eigenvalue weighted by atomic mass is 9.63. The summed E-state index contributed by atoms with van der Waals surface area (Å²) in [4.78, 5) is 40.3. The van der Waals surface area contributed by atoms with Crippen LogP contribution in [-0.2, 0) is 27.6 Å². The second-order valence-corrected chi connectivity index (χ2v) is 15.7. The predicted molar refractivity (Wildman–Crippen MR) is 172 cm³/mol. The van der Waals surface area contributed by atoms with E-state index in [1.54, 1.807) is 6.08 Å². The molecule has 1 rings (SSSR count). The molecule has 1 saturated carbocycles. The third kappa shape index (κ3) is 16.8. The van der Waals surface area contributed by atoms with Gasteiger partial charge in [0.25, 0.3) is 0 Å². The second kappa shape index (κ2) is 21.0. The van der Waals surface area contributed by atoms with Gasteiger partial charge in [-0.3, -0.25) is 4.79 Å². The average Bonchev–Trinajstić information content (AvgIpc) is 2.92. The molecule has 0 aromatic heterocycles. The zero-order chi connectivity index (χ0) is 32.2. The molecule has 3 atom stereocenters. The summed E-state index contributed by atoms with van der Waals surface area (Å²) < 4.78 is 23.5. The van der Waals surface area contributed by atoms with Crippen LogP contribution in [0.5, 0.6) is 0 Å². The summed E-state index contributed by atoms with van der Waals surface area (Å²) >= 11 is 0. The standard InChI is InChI=1S/C32H61N3O7Si/c1-8-12-13-14-17-28(42-30(38)34-25-32(7)23-27(35-26-36)22-31(5,6)24-32)18-15-19-29(37)33-20-16-21-43(39-9-2,40-10-3)41-11-4/h27-28H,8-25H2,1-7H3,(H,33,37)(H,34,38). The fraction of sp³-hybridized carbons (Fsp3) is 0.906. The highest BCUT2D eigenvalue weighted by Gasteiger charge is 2.42. The summed E-state index contributed by atoms with van der Waals surface area (Å²) in [5.74, 6) is -0.00828. The molecule has 0 aliphatic heterocycles. The molecule has 1 fully saturated rings. The number of aliphatic imine (C=N–C) groups is 1. The van der Waals surface area contributed by atoms with Crippen molar-refractivity contribution in [3.63, 3.8) is 0 Å². The molecule has 43 heavy (non-hydrogen) atoms. The molecule has 0 heterocycles. The van der Waals surface area contributed by atoms with E-state index in [0.717, 1.165) is 57.8 Å². The lowest BCUT2D eigenvalue weighted by Crippen LogP contribution is -2.46. The minimum atomic E-state index is -2.71. The summed E-state index contributed by atoms with van der Waals surface area (Å²) in [6, 6.07) is 0.581. The van der Waals surface area contributed by atoms with Crippen molar-refractivity contribution in [3.8, 4) is 0 Å². The molecule has 1 aliphatic rings. The number of amides is 2. The zero-order valence-electron chi connectivity index (χ0n) is 28.2. The minimum Gasteiger partial charge on any atom is -0.446 e. The van der Waals surface area contributed by atoms with E-state index in [2.05, 4.69) is 43.3 Å². The summed E-state index contributed by atoms with van der Waals surface area (Å²) in [7, 11) is -2.71. The number of nitrogens with zero attached hydrogens (tertiary/aromatic N) is 1. The SMILES string of the molecule is CCCCCCC(CCCC(=O)NCCC[Si](OCC)(OCC)OCC)OC(=O)NCC1(C)CC(N=C=O)CC(C)(C)C1. The molecule has 0 bridgehead atoms. The number of carbonyl (C=O) groups excluding carboxylic acids is 3. The van der Waals surface area contributed by atoms with Gasteiger partial charge in [0, 0.05) is 45.4 Å². The fourth-order valence-electron chi connectivity index (χ4n) is 6.53. The highest BCUT2D eigenvalue weighted by molar-refractivity contribution is 6.60. The lowest BCUT2D eigenvalue weighted by molar-refractivity contribution is -0.121. The minimum absolute atomic E-state index is 0.00828. The Morgan fingerprint density at radius 2 is 1.56 bits per heavy atom. The summed E-state index contributed by atoms with van der Waals surface area (Å²) in [5, 5.41) is 5.99. The number of nitrogens with one attached hydrogen (secondary N) is 2. The third-order valence-corrected chi connectivity index (χ3v) is 11.1. The second-order valence-electron chi connectivity index (χ2n) is 13.0. The first kappa shape index (κ1) is 39.2. The zero-order valence-corrected chi connectivity index (χ0v) is 29.2. The van der Waals surface area contributed by atoms with E-state index in [-0.39, 0.29) is 28.9 Å². The van der Waals surface area contributed by atoms with E-state index in [1.807, 2.05) is 20.8 Å². The Morgan fingerprint density at radius 3 is 2.16 bits per heavy atom. The van der Waals surface area contributed by atoms with Gasteiger partial charge in [0.2, 0.25) is 12.0 Å². The predicted octanol–water partition coefficient (Wildman–Crippen LogP) is 6.70. The molecule has 0 aromatic carbocycles. The van der Waals surface area contributed by atoms with Crippen LogP contribution in [0, 0.1) is 10.8 Å². The van der Waals surface area contributed by atoms with Crippen molar-refractivity contribution in [1.82, 2.24) is 10.6 Å². The topological polar surface area (TPSA) is 125 Å². The van der Waals surface area contributed by atoms with Gasteiger partial charge in [0.1, 0.15) is 6.10 Å². The molecule has 3 unspecified atom stereocenters. The van der Waals surface area contributed by atoms with Gasteiger partial charge in [-0.05, 0) is 83.0 Å². The number of unbranched alkanes of at least 4 members (excludes halogenated alkanes) is 3. The van der Waals surface area contributed by atoms with Crippen LogP contribution in [0.3, 0.4) is 0 Å². The Balaban J connectivity index is 2.56. The van der Waals surface area contributed by atoms with E-state index in [0.29, 0.717) is 58.2 Å². The van der Waals surface area contributed by atoms with E-state index in [1.165, 1.54) is 0 Å². The number of alkyl carbamates (subject to hydrolysis) is 1. The molecule has 0 radical (unpaired) electrons. The maximum Gasteiger partial charge on any atom is 0.500 e. The molecule has 0 aromatic rings. The van der Waals surface area contributed by atoms with E-state index in [9.17, 15) is 14.4 Å². The molecular weight excluding hydrogens is 566 g/mol. The number of ether oxygens (including phenoxy) is 1. The monoisotopic (exact) mass is 627 g/mol. The van der Waals surface area contributed by atoms with Crippen molar-refractivity contribution in [3.05, 3.63) is 0 Å². The molecule has 11 heteroatoms. The average molecular weight is 628 g/mol. The van der Waals surface area contributed by atoms with Crippen molar-refractivity contribution in [2.24, 2.45) is 15.8 Å². The fourth-order valence-corrected chi connectivity index (χ4v) is 9.14. The largest absolute Gasteiger partial charge is 0.500 e. The molecule has 2 N–H and O–H groups in total. The van der Waals surface area contributed by atoms with Crippen LogP contribution in [0.25, 0.3) is 0 Å². The van der Waals surface area contributed by atoms with Crippen molar-refractivity contribution < 1.29 is 32.4 Å². The van der Waals surface area contributed by atoms with E-state index >= 15 is 0 Å². The molecule has 10 nitrogen and oxygen atoms in total. The van der Waals surface area contributed by atoms with Gasteiger partial charge >= 0.3 is 14.9 Å². The van der Waals surface area contributed by atoms with Crippen LogP contribution in [0.4, 0.5) is 4.79 Å². The molecule has 2 amide bonds. The van der Waals surface area contributed by atoms with E-state index < -0.39 is 14.9 Å². The Labute approximate surface area is 262 Å². The lowest BCUT2D eigenvalue weighted by Gasteiger charge is -2.45. The number of carbonyl (C=O) groups is 2. The highest BCUT2D eigenvalue weighted by Crippen LogP contribution is 2.46. The first-order valence-corrected chi connectivity index (χ1v) is 18.6. The number of hydrogen-bond acceptors (Lipinski definition) is 8. The molecule has 0 saturated heterocycles. The van der Waals surface area contributed by atoms with Crippen LogP contribution in [-0.4, -0.2) is 71.9 Å². The van der Waals surface area contributed by atoms with Gasteiger partial charge in [-0.25, -0.2) is 14.6 Å². The van der Waals surface area contributed by atoms with Crippen molar-refractivity contribution in [1.29, 1.82) is 0 Å². The molecular formula is C32H61N3O7Si. The van der Waals surface area contributed by atoms with Gasteiger partial charge in [-0.1, -0.05) is 47.0 Å². The van der Waals surface area contributed by atoms with Crippen LogP contribution >= 0.6 is 0 Å². The number of isocyanates is 1. The quantitative estimate of drug-likeness (QED) is 0.0559. The smallest absolute Gasteiger partial charge is 0.446 e. The van der Waals surface area contributed by atoms with Gasteiger partial charge in [-0.15, -0.1) is 0 Å². The van der Waals surface area contributed by atoms with Gasteiger partial charge < -0.3 is 28.6 Å². The summed E-state index contributed by atoms with van der Waals surface area (Å²) in [5.41, 5.74) is -0.163. The van der Waals surface area contributed by atoms with Gasteiger partial charge in [0.15, 0.2) is 0 Å². The first-order valence-electron chi connectivity index (χ1n) is 16.7. The third-order valence-electron chi connectivity index (χ3n) is 7.97. The Hall–Kier alpha value is -1.78. The maximum atomic E-state index is 12.9. The van der Waals surface area contributed by atoms with E-state index in [4.69, 9.17) is 18.0 Å². The Kier molecular flexibility index (Phi) is 19.2. The first-order chi connectivity index (χ1) is 20.5. The van der Waals surface area contributed by atoms with Crippen molar-refractivity contribution in [2.75, 3.05) is 32.9 Å². The van der Waals surface area contributed by atoms with Crippen LogP contribution in [0.1, 0.15) is 126 Å². The van der Waals surface area contributed by atoms with Crippen molar-refractivity contribution >= 4 is 26.9 Å². The molecule has 1 aliphatic carbocycles. The van der Waals surface area contributed by atoms with Crippen LogP contribution in [0.15, 0.2) is 4.99 Å².